The summed E-state index contributed by atoms with van der Waals surface area (Å²) < 4.78 is 5.96. The van der Waals surface area contributed by atoms with E-state index in [-0.39, 0.29) is 0 Å². The van der Waals surface area contributed by atoms with Crippen LogP contribution in [0.15, 0.2) is 0 Å². The summed E-state index contributed by atoms with van der Waals surface area (Å²) in [5.74, 6) is 0.783. The Bertz CT molecular complexity index is 221. The number of morpholine rings is 1. The van der Waals surface area contributed by atoms with E-state index in [0.717, 1.165) is 25.6 Å². The summed E-state index contributed by atoms with van der Waals surface area (Å²) in [6.07, 6.45) is 2.98. The van der Waals surface area contributed by atoms with Crippen LogP contribution in [-0.2, 0) is 4.74 Å². The molecule has 0 aromatic heterocycles. The number of nitrogens with zero attached hydrogens (tertiary/aromatic N) is 2. The minimum atomic E-state index is 0.368. The molecule has 2 atom stereocenters. The van der Waals surface area contributed by atoms with Crippen LogP contribution >= 0.6 is 0 Å². The van der Waals surface area contributed by atoms with Gasteiger partial charge in [-0.1, -0.05) is 0 Å². The first-order chi connectivity index (χ1) is 8.18. The van der Waals surface area contributed by atoms with Gasteiger partial charge in [0.15, 0.2) is 0 Å². The first-order valence-electron chi connectivity index (χ1n) is 6.86. The molecule has 2 aliphatic heterocycles. The third-order valence-electron chi connectivity index (χ3n) is 4.18. The Balaban J connectivity index is 1.95. The SMILES string of the molecule is CN1CCC(C(C2CNCCO2)N(C)C)CC1. The standard InChI is InChI=1S/C13H27N3O/c1-15(2)13(12-10-14-6-9-17-12)11-4-7-16(3)8-5-11/h11-14H,4-10H2,1-3H3. The van der Waals surface area contributed by atoms with Crippen molar-refractivity contribution in [3.63, 3.8) is 0 Å². The number of likely N-dealkylation sites (N-methyl/N-ethyl adjacent to an activating group) is 1. The van der Waals surface area contributed by atoms with Crippen molar-refractivity contribution in [1.29, 1.82) is 0 Å². The van der Waals surface area contributed by atoms with Crippen LogP contribution in [-0.4, -0.2) is 75.9 Å². The van der Waals surface area contributed by atoms with Gasteiger partial charge >= 0.3 is 0 Å². The molecule has 2 heterocycles. The Labute approximate surface area is 105 Å². The largest absolute Gasteiger partial charge is 0.374 e. The lowest BCUT2D eigenvalue weighted by Gasteiger charge is -2.42. The summed E-state index contributed by atoms with van der Waals surface area (Å²) >= 11 is 0. The number of rotatable bonds is 3. The maximum absolute atomic E-state index is 5.96. The number of hydrogen-bond acceptors (Lipinski definition) is 4. The van der Waals surface area contributed by atoms with Gasteiger partial charge in [-0.05, 0) is 53.0 Å². The Hall–Kier alpha value is -0.160. The highest BCUT2D eigenvalue weighted by Gasteiger charge is 2.34. The van der Waals surface area contributed by atoms with Gasteiger partial charge in [-0.3, -0.25) is 0 Å². The first kappa shape index (κ1) is 13.3. The molecule has 2 saturated heterocycles. The molecule has 0 spiro atoms. The average molecular weight is 241 g/mol. The van der Waals surface area contributed by atoms with Crippen LogP contribution in [0, 0.1) is 5.92 Å². The Kier molecular flexibility index (Phi) is 4.79. The molecule has 1 N–H and O–H groups in total. The molecule has 0 radical (unpaired) electrons. The van der Waals surface area contributed by atoms with E-state index in [1.54, 1.807) is 0 Å². The van der Waals surface area contributed by atoms with Crippen molar-refractivity contribution >= 4 is 0 Å². The molecule has 0 bridgehead atoms. The van der Waals surface area contributed by atoms with E-state index in [1.165, 1.54) is 25.9 Å². The molecular formula is C13H27N3O. The van der Waals surface area contributed by atoms with Gasteiger partial charge in [-0.2, -0.15) is 0 Å². The van der Waals surface area contributed by atoms with Gasteiger partial charge in [0.25, 0.3) is 0 Å². The monoisotopic (exact) mass is 241 g/mol. The van der Waals surface area contributed by atoms with Crippen LogP contribution in [0.4, 0.5) is 0 Å². The van der Waals surface area contributed by atoms with Gasteiger partial charge in [0.05, 0.1) is 12.7 Å². The second-order valence-electron chi connectivity index (χ2n) is 5.71. The van der Waals surface area contributed by atoms with Crippen LogP contribution in [0.3, 0.4) is 0 Å². The number of hydrogen-bond donors (Lipinski definition) is 1. The van der Waals surface area contributed by atoms with Gasteiger partial charge in [0.1, 0.15) is 0 Å². The molecule has 0 amide bonds. The van der Waals surface area contributed by atoms with E-state index >= 15 is 0 Å². The van der Waals surface area contributed by atoms with Crippen molar-refractivity contribution in [3.8, 4) is 0 Å². The molecule has 0 saturated carbocycles. The molecule has 4 heteroatoms. The molecule has 2 fully saturated rings. The molecule has 0 aliphatic carbocycles. The zero-order valence-corrected chi connectivity index (χ0v) is 11.5. The maximum Gasteiger partial charge on any atom is 0.0857 e. The predicted molar refractivity (Wildman–Crippen MR) is 70.3 cm³/mol. The number of likely N-dealkylation sites (tertiary alicyclic amines) is 1. The van der Waals surface area contributed by atoms with Crippen LogP contribution < -0.4 is 5.32 Å². The minimum Gasteiger partial charge on any atom is -0.374 e. The highest BCUT2D eigenvalue weighted by Crippen LogP contribution is 2.26. The Morgan fingerprint density at radius 2 is 2.00 bits per heavy atom. The topological polar surface area (TPSA) is 27.7 Å². The normalized spacial score (nSPS) is 30.7. The highest BCUT2D eigenvalue weighted by molar-refractivity contribution is 4.89. The second kappa shape index (κ2) is 6.14. The third kappa shape index (κ3) is 3.41. The zero-order valence-electron chi connectivity index (χ0n) is 11.5. The lowest BCUT2D eigenvalue weighted by molar-refractivity contribution is -0.0464. The van der Waals surface area contributed by atoms with E-state index in [4.69, 9.17) is 4.74 Å². The Morgan fingerprint density at radius 3 is 2.53 bits per heavy atom. The highest BCUT2D eigenvalue weighted by atomic mass is 16.5. The molecule has 100 valence electrons. The summed E-state index contributed by atoms with van der Waals surface area (Å²) in [5.41, 5.74) is 0. The summed E-state index contributed by atoms with van der Waals surface area (Å²) in [5, 5.41) is 3.46. The lowest BCUT2D eigenvalue weighted by Crippen LogP contribution is -2.55. The predicted octanol–water partition coefficient (Wildman–Crippen LogP) is 0.247. The second-order valence-corrected chi connectivity index (χ2v) is 5.71. The molecule has 0 aromatic carbocycles. The van der Waals surface area contributed by atoms with Gasteiger partial charge in [-0.25, -0.2) is 0 Å². The van der Waals surface area contributed by atoms with Crippen molar-refractivity contribution in [3.05, 3.63) is 0 Å². The molecule has 2 unspecified atom stereocenters. The summed E-state index contributed by atoms with van der Waals surface area (Å²) in [6, 6.07) is 0.566. The maximum atomic E-state index is 5.96. The zero-order chi connectivity index (χ0) is 12.3. The molecule has 17 heavy (non-hydrogen) atoms. The van der Waals surface area contributed by atoms with Crippen LogP contribution in [0.2, 0.25) is 0 Å². The van der Waals surface area contributed by atoms with Crippen molar-refractivity contribution in [1.82, 2.24) is 15.1 Å². The fourth-order valence-corrected chi connectivity index (χ4v) is 3.23. The fraction of sp³-hybridized carbons (Fsp3) is 1.00. The van der Waals surface area contributed by atoms with E-state index in [0.29, 0.717) is 12.1 Å². The molecule has 0 aromatic rings. The average Bonchev–Trinajstić information content (AvgIpc) is 2.33. The number of nitrogens with one attached hydrogen (secondary N) is 1. The smallest absolute Gasteiger partial charge is 0.0857 e. The summed E-state index contributed by atoms with van der Waals surface area (Å²) in [7, 11) is 6.61. The van der Waals surface area contributed by atoms with E-state index in [1.807, 2.05) is 0 Å². The molecule has 4 nitrogen and oxygen atoms in total. The molecule has 2 aliphatic rings. The lowest BCUT2D eigenvalue weighted by atomic mass is 9.85. The van der Waals surface area contributed by atoms with Gasteiger partial charge in [0, 0.05) is 19.1 Å². The van der Waals surface area contributed by atoms with E-state index < -0.39 is 0 Å². The third-order valence-corrected chi connectivity index (χ3v) is 4.18. The van der Waals surface area contributed by atoms with E-state index in [9.17, 15) is 0 Å². The van der Waals surface area contributed by atoms with Gasteiger partial charge in [0.2, 0.25) is 0 Å². The van der Waals surface area contributed by atoms with Gasteiger partial charge < -0.3 is 19.9 Å². The van der Waals surface area contributed by atoms with Gasteiger partial charge in [-0.15, -0.1) is 0 Å². The summed E-state index contributed by atoms with van der Waals surface area (Å²) in [4.78, 5) is 4.80. The van der Waals surface area contributed by atoms with Crippen molar-refractivity contribution in [2.24, 2.45) is 5.92 Å². The summed E-state index contributed by atoms with van der Waals surface area (Å²) in [6.45, 7) is 5.34. The number of piperidine rings is 1. The number of ether oxygens (including phenoxy) is 1. The van der Waals surface area contributed by atoms with Crippen molar-refractivity contribution in [2.45, 2.75) is 25.0 Å². The van der Waals surface area contributed by atoms with Crippen molar-refractivity contribution in [2.75, 3.05) is 53.9 Å². The van der Waals surface area contributed by atoms with Crippen LogP contribution in [0.25, 0.3) is 0 Å². The molecular weight excluding hydrogens is 214 g/mol. The Morgan fingerprint density at radius 1 is 1.29 bits per heavy atom. The van der Waals surface area contributed by atoms with Crippen molar-refractivity contribution < 1.29 is 4.74 Å². The van der Waals surface area contributed by atoms with E-state index in [2.05, 4.69) is 36.3 Å². The minimum absolute atomic E-state index is 0.368. The van der Waals surface area contributed by atoms with Crippen LogP contribution in [0.5, 0.6) is 0 Å². The quantitative estimate of drug-likeness (QED) is 0.766. The van der Waals surface area contributed by atoms with Crippen LogP contribution in [0.1, 0.15) is 12.8 Å². The first-order valence-corrected chi connectivity index (χ1v) is 6.86. The fourth-order valence-electron chi connectivity index (χ4n) is 3.23. The molecule has 2 rings (SSSR count).